The van der Waals surface area contributed by atoms with Crippen LogP contribution in [-0.2, 0) is 6.54 Å². The van der Waals surface area contributed by atoms with E-state index in [0.717, 1.165) is 42.3 Å². The Morgan fingerprint density at radius 3 is 2.83 bits per heavy atom. The van der Waals surface area contributed by atoms with Gasteiger partial charge in [-0.05, 0) is 42.5 Å². The van der Waals surface area contributed by atoms with Crippen molar-refractivity contribution in [1.82, 2.24) is 14.9 Å². The van der Waals surface area contributed by atoms with Crippen molar-refractivity contribution in [2.45, 2.75) is 31.8 Å². The molecule has 0 radical (unpaired) electrons. The Morgan fingerprint density at radius 1 is 1.23 bits per heavy atom. The van der Waals surface area contributed by atoms with Gasteiger partial charge in [0.15, 0.2) is 5.13 Å². The van der Waals surface area contributed by atoms with E-state index < -0.39 is 7.12 Å². The van der Waals surface area contributed by atoms with E-state index in [9.17, 15) is 10.0 Å². The van der Waals surface area contributed by atoms with Crippen LogP contribution in [0.25, 0.3) is 0 Å². The van der Waals surface area contributed by atoms with Crippen molar-refractivity contribution in [3.8, 4) is 6.07 Å². The van der Waals surface area contributed by atoms with Crippen molar-refractivity contribution >= 4 is 34.9 Å². The summed E-state index contributed by atoms with van der Waals surface area (Å²) >= 11 is 1.54. The predicted molar refractivity (Wildman–Crippen MR) is 118 cm³/mol. The van der Waals surface area contributed by atoms with Gasteiger partial charge >= 0.3 is 7.12 Å². The molecule has 0 unspecified atom stereocenters. The van der Waals surface area contributed by atoms with Gasteiger partial charge in [-0.1, -0.05) is 30.7 Å². The van der Waals surface area contributed by atoms with Crippen molar-refractivity contribution in [3.63, 3.8) is 0 Å². The minimum atomic E-state index is -1.44. The van der Waals surface area contributed by atoms with Gasteiger partial charge in [-0.15, -0.1) is 11.3 Å². The summed E-state index contributed by atoms with van der Waals surface area (Å²) in [6.07, 6.45) is 4.99. The first-order chi connectivity index (χ1) is 14.6. The smallest absolute Gasteiger partial charge is 0.423 e. The number of benzene rings is 1. The number of anilines is 2. The van der Waals surface area contributed by atoms with Crippen LogP contribution in [0.4, 0.5) is 10.9 Å². The minimum Gasteiger partial charge on any atom is -0.423 e. The molecule has 1 aliphatic rings. The lowest BCUT2D eigenvalue weighted by atomic mass is 9.80. The van der Waals surface area contributed by atoms with Crippen LogP contribution in [-0.4, -0.2) is 38.6 Å². The summed E-state index contributed by atoms with van der Waals surface area (Å²) in [6.45, 7) is 1.79. The van der Waals surface area contributed by atoms with Gasteiger partial charge in [0.25, 0.3) is 0 Å². The summed E-state index contributed by atoms with van der Waals surface area (Å²) in [5.41, 5.74) is 3.24. The molecule has 9 heteroatoms. The molecule has 1 saturated heterocycles. The third kappa shape index (κ3) is 4.86. The van der Waals surface area contributed by atoms with E-state index in [4.69, 9.17) is 10.2 Å². The second-order valence-electron chi connectivity index (χ2n) is 7.34. The first kappa shape index (κ1) is 20.5. The first-order valence-corrected chi connectivity index (χ1v) is 10.8. The second kappa shape index (κ2) is 9.37. The summed E-state index contributed by atoms with van der Waals surface area (Å²) in [5, 5.41) is 33.6. The zero-order valence-corrected chi connectivity index (χ0v) is 17.2. The maximum absolute atomic E-state index is 9.28. The lowest BCUT2D eigenvalue weighted by Gasteiger charge is -2.34. The Hall–Kier alpha value is -2.77. The van der Waals surface area contributed by atoms with Crippen LogP contribution in [0.1, 0.15) is 42.1 Å². The molecule has 4 rings (SSSR count). The number of rotatable bonds is 6. The molecule has 7 nitrogen and oxygen atoms in total. The van der Waals surface area contributed by atoms with Gasteiger partial charge in [-0.3, -0.25) is 4.90 Å². The number of thiazole rings is 1. The first-order valence-electron chi connectivity index (χ1n) is 9.90. The van der Waals surface area contributed by atoms with Crippen LogP contribution in [0.5, 0.6) is 0 Å². The van der Waals surface area contributed by atoms with Gasteiger partial charge in [0.1, 0.15) is 5.82 Å². The van der Waals surface area contributed by atoms with E-state index in [1.54, 1.807) is 30.5 Å². The fourth-order valence-corrected chi connectivity index (χ4v) is 4.48. The molecule has 0 aliphatic carbocycles. The minimum absolute atomic E-state index is 0.243. The van der Waals surface area contributed by atoms with Gasteiger partial charge in [-0.2, -0.15) is 5.26 Å². The van der Waals surface area contributed by atoms with E-state index in [1.165, 1.54) is 17.8 Å². The van der Waals surface area contributed by atoms with Crippen LogP contribution < -0.4 is 10.8 Å². The number of nitriles is 1. The maximum Gasteiger partial charge on any atom is 0.488 e. The number of hydrogen-bond acceptors (Lipinski definition) is 8. The van der Waals surface area contributed by atoms with E-state index in [2.05, 4.69) is 26.6 Å². The average molecular weight is 419 g/mol. The molecule has 1 fully saturated rings. The number of aromatic nitrogens is 2. The molecule has 3 heterocycles. The maximum atomic E-state index is 9.28. The molecule has 3 aromatic rings. The highest BCUT2D eigenvalue weighted by atomic mass is 32.1. The van der Waals surface area contributed by atoms with E-state index in [-0.39, 0.29) is 6.04 Å². The second-order valence-corrected chi connectivity index (χ2v) is 8.20. The van der Waals surface area contributed by atoms with E-state index in [1.807, 2.05) is 12.1 Å². The number of hydrogen-bond donors (Lipinski definition) is 3. The summed E-state index contributed by atoms with van der Waals surface area (Å²) in [6, 6.07) is 13.1. The summed E-state index contributed by atoms with van der Waals surface area (Å²) in [7, 11) is -1.44. The molecule has 1 atom stereocenters. The van der Waals surface area contributed by atoms with Crippen LogP contribution in [0.3, 0.4) is 0 Å². The quantitative estimate of drug-likeness (QED) is 0.528. The lowest BCUT2D eigenvalue weighted by Crippen LogP contribution is -2.33. The molecule has 2 aromatic heterocycles. The van der Waals surface area contributed by atoms with Crippen LogP contribution in [0.15, 0.2) is 48.0 Å². The van der Waals surface area contributed by atoms with E-state index in [0.29, 0.717) is 16.8 Å². The molecular formula is C21H22BN5O2S. The largest absolute Gasteiger partial charge is 0.488 e. The van der Waals surface area contributed by atoms with Gasteiger partial charge in [0.05, 0.1) is 23.4 Å². The lowest BCUT2D eigenvalue weighted by molar-refractivity contribution is 0.138. The monoisotopic (exact) mass is 419 g/mol. The molecular weight excluding hydrogens is 397 g/mol. The number of piperidine rings is 1. The van der Waals surface area contributed by atoms with Crippen molar-refractivity contribution in [3.05, 3.63) is 64.8 Å². The Morgan fingerprint density at radius 2 is 2.07 bits per heavy atom. The Balaban J connectivity index is 1.47. The molecule has 0 saturated carbocycles. The molecule has 0 bridgehead atoms. The fraction of sp³-hybridized carbons (Fsp3) is 0.286. The summed E-state index contributed by atoms with van der Waals surface area (Å²) in [4.78, 5) is 11.5. The Kier molecular flexibility index (Phi) is 6.40. The molecule has 152 valence electrons. The average Bonchev–Trinajstić information content (AvgIpc) is 3.23. The molecule has 3 N–H and O–H groups in total. The van der Waals surface area contributed by atoms with Crippen molar-refractivity contribution in [1.29, 1.82) is 5.26 Å². The third-order valence-electron chi connectivity index (χ3n) is 5.26. The van der Waals surface area contributed by atoms with Crippen molar-refractivity contribution < 1.29 is 10.0 Å². The fourth-order valence-electron chi connectivity index (χ4n) is 3.72. The SMILES string of the molecule is N#Cc1ccnc(Nc2nc([C@@H]3CCCCN3Cc3ccc(B(O)O)cc3)cs2)c1. The highest BCUT2D eigenvalue weighted by Crippen LogP contribution is 2.34. The standard InChI is InChI=1S/C21H22BN5O2S/c23-12-16-8-9-24-20(11-16)26-21-25-18(14-30-21)19-3-1-2-10-27(19)13-15-4-6-17(7-5-15)22(28)29/h4-9,11,14,19,28-29H,1-3,10,13H2,(H,24,25,26)/t19-/m0/s1. The predicted octanol–water partition coefficient (Wildman–Crippen LogP) is 2.56. The number of likely N-dealkylation sites (tertiary alicyclic amines) is 1. The van der Waals surface area contributed by atoms with Crippen LogP contribution >= 0.6 is 11.3 Å². The zero-order chi connectivity index (χ0) is 20.9. The van der Waals surface area contributed by atoms with E-state index >= 15 is 0 Å². The molecule has 0 spiro atoms. The van der Waals surface area contributed by atoms with Crippen molar-refractivity contribution in [2.75, 3.05) is 11.9 Å². The van der Waals surface area contributed by atoms with Gasteiger partial charge in [-0.25, -0.2) is 9.97 Å². The Labute approximate surface area is 179 Å². The third-order valence-corrected chi connectivity index (χ3v) is 6.04. The number of nitrogens with zero attached hydrogens (tertiary/aromatic N) is 4. The van der Waals surface area contributed by atoms with Gasteiger partial charge in [0.2, 0.25) is 0 Å². The van der Waals surface area contributed by atoms with Crippen LogP contribution in [0.2, 0.25) is 0 Å². The number of nitrogens with one attached hydrogen (secondary N) is 1. The molecule has 30 heavy (non-hydrogen) atoms. The molecule has 0 amide bonds. The van der Waals surface area contributed by atoms with Crippen molar-refractivity contribution in [2.24, 2.45) is 0 Å². The highest BCUT2D eigenvalue weighted by Gasteiger charge is 2.26. The van der Waals surface area contributed by atoms with Gasteiger partial charge in [0, 0.05) is 18.1 Å². The van der Waals surface area contributed by atoms with Crippen LogP contribution in [0, 0.1) is 11.3 Å². The normalized spacial score (nSPS) is 16.8. The summed E-state index contributed by atoms with van der Waals surface area (Å²) < 4.78 is 0. The topological polar surface area (TPSA) is 105 Å². The zero-order valence-electron chi connectivity index (χ0n) is 16.4. The highest BCUT2D eigenvalue weighted by molar-refractivity contribution is 7.13. The molecule has 1 aliphatic heterocycles. The van der Waals surface area contributed by atoms with Gasteiger partial charge < -0.3 is 15.4 Å². The number of pyridine rings is 1. The summed E-state index contributed by atoms with van der Waals surface area (Å²) in [5.74, 6) is 0.613. The Bertz CT molecular complexity index is 1030. The molecule has 1 aromatic carbocycles.